The zero-order valence-corrected chi connectivity index (χ0v) is 22.4. The smallest absolute Gasteiger partial charge is 0.261 e. The van der Waals surface area contributed by atoms with E-state index in [0.717, 1.165) is 24.8 Å². The summed E-state index contributed by atoms with van der Waals surface area (Å²) in [7, 11) is 0. The van der Waals surface area contributed by atoms with Crippen LogP contribution in [0.25, 0.3) is 10.1 Å². The Balaban J connectivity index is 1.45. The summed E-state index contributed by atoms with van der Waals surface area (Å²) in [5.74, 6) is 0.692. The number of anilines is 1. The Morgan fingerprint density at radius 3 is 2.46 bits per heavy atom. The first kappa shape index (κ1) is 25.5. The van der Waals surface area contributed by atoms with Crippen LogP contribution in [0, 0.1) is 6.92 Å². The summed E-state index contributed by atoms with van der Waals surface area (Å²) in [4.78, 5) is 27.9. The summed E-state index contributed by atoms with van der Waals surface area (Å²) in [6, 6.07) is 17.4. The lowest BCUT2D eigenvalue weighted by atomic mass is 9.69. The zero-order valence-electron chi connectivity index (χ0n) is 21.6. The minimum Gasteiger partial charge on any atom is -0.457 e. The molecule has 8 nitrogen and oxygen atoms in total. The van der Waals surface area contributed by atoms with E-state index in [0.29, 0.717) is 48.8 Å². The number of nitrogens with one attached hydrogen (secondary N) is 1. The number of thiophene rings is 1. The molecule has 9 N–H and O–H groups in total. The van der Waals surface area contributed by atoms with Gasteiger partial charge in [-0.2, -0.15) is 0 Å². The van der Waals surface area contributed by atoms with Crippen molar-refractivity contribution in [2.24, 2.45) is 17.2 Å². The molecule has 1 saturated carbocycles. The molecular weight excluding hydrogens is 510 g/mol. The molecule has 2 unspecified atom stereocenters. The molecular formula is C30H31N5O3S. The van der Waals surface area contributed by atoms with Crippen LogP contribution in [0.1, 0.15) is 57.2 Å². The van der Waals surface area contributed by atoms with Gasteiger partial charge >= 0.3 is 0 Å². The largest absolute Gasteiger partial charge is 0.457 e. The number of nitrogens with two attached hydrogens (primary N) is 4. The van der Waals surface area contributed by atoms with Crippen LogP contribution in [0.4, 0.5) is 5.69 Å². The number of para-hydroxylation sites is 1. The zero-order chi connectivity index (χ0) is 27.5. The lowest BCUT2D eigenvalue weighted by molar-refractivity contribution is -0.124. The van der Waals surface area contributed by atoms with Gasteiger partial charge in [0.15, 0.2) is 5.78 Å². The Bertz CT molecular complexity index is 1620. The van der Waals surface area contributed by atoms with Crippen molar-refractivity contribution >= 4 is 38.8 Å². The lowest BCUT2D eigenvalue weighted by Gasteiger charge is -2.37. The van der Waals surface area contributed by atoms with Crippen LogP contribution in [-0.4, -0.2) is 23.8 Å². The van der Waals surface area contributed by atoms with Crippen molar-refractivity contribution in [3.63, 3.8) is 0 Å². The van der Waals surface area contributed by atoms with Gasteiger partial charge in [-0.05, 0) is 73.2 Å². The summed E-state index contributed by atoms with van der Waals surface area (Å²) in [6.07, 6.45) is 2.41. The molecule has 2 aliphatic carbocycles. The molecule has 0 aliphatic heterocycles. The monoisotopic (exact) mass is 541 g/mol. The number of hydrogen-bond acceptors (Lipinski definition) is 8. The highest BCUT2D eigenvalue weighted by Crippen LogP contribution is 2.50. The molecule has 2 aliphatic rings. The van der Waals surface area contributed by atoms with E-state index >= 15 is 0 Å². The third-order valence-electron chi connectivity index (χ3n) is 7.93. The maximum Gasteiger partial charge on any atom is 0.261 e. The predicted octanol–water partition coefficient (Wildman–Crippen LogP) is 3.98. The van der Waals surface area contributed by atoms with Crippen LogP contribution < -0.4 is 33.0 Å². The van der Waals surface area contributed by atoms with Gasteiger partial charge in [0.05, 0.1) is 15.6 Å². The average molecular weight is 542 g/mol. The average Bonchev–Trinajstić information content (AvgIpc) is 3.52. The third-order valence-corrected chi connectivity index (χ3v) is 9.18. The van der Waals surface area contributed by atoms with Gasteiger partial charge in [0.2, 0.25) is 0 Å². The molecule has 39 heavy (non-hydrogen) atoms. The van der Waals surface area contributed by atoms with Gasteiger partial charge in [-0.3, -0.25) is 9.59 Å². The van der Waals surface area contributed by atoms with Crippen molar-refractivity contribution in [2.75, 3.05) is 5.73 Å². The highest BCUT2D eigenvalue weighted by molar-refractivity contribution is 7.21. The summed E-state index contributed by atoms with van der Waals surface area (Å²) < 4.78 is 6.69. The van der Waals surface area contributed by atoms with Crippen molar-refractivity contribution in [1.82, 2.24) is 5.32 Å². The van der Waals surface area contributed by atoms with E-state index in [2.05, 4.69) is 5.32 Å². The normalized spacial score (nSPS) is 24.2. The van der Waals surface area contributed by atoms with Crippen molar-refractivity contribution in [3.05, 3.63) is 87.8 Å². The highest BCUT2D eigenvalue weighted by Gasteiger charge is 2.49. The highest BCUT2D eigenvalue weighted by atomic mass is 32.1. The van der Waals surface area contributed by atoms with Gasteiger partial charge in [-0.1, -0.05) is 30.3 Å². The second kappa shape index (κ2) is 9.46. The maximum absolute atomic E-state index is 14.1. The number of ether oxygens (including phenoxy) is 1. The Hall–Kier alpha value is -3.76. The van der Waals surface area contributed by atoms with Crippen LogP contribution in [0.15, 0.2) is 60.7 Å². The van der Waals surface area contributed by atoms with Crippen molar-refractivity contribution in [1.29, 1.82) is 0 Å². The number of Topliss-reactive ketones (excluding diaryl/α,β-unsaturated/α-hetero) is 1. The summed E-state index contributed by atoms with van der Waals surface area (Å²) in [5.41, 5.74) is 27.6. The molecule has 9 heteroatoms. The van der Waals surface area contributed by atoms with Crippen molar-refractivity contribution < 1.29 is 14.3 Å². The fourth-order valence-corrected chi connectivity index (χ4v) is 7.20. The number of ketones is 1. The van der Waals surface area contributed by atoms with Crippen molar-refractivity contribution in [3.8, 4) is 11.5 Å². The van der Waals surface area contributed by atoms with Crippen LogP contribution >= 0.6 is 11.3 Å². The van der Waals surface area contributed by atoms with E-state index < -0.39 is 11.6 Å². The first-order valence-electron chi connectivity index (χ1n) is 13.0. The quantitative estimate of drug-likeness (QED) is 0.239. The molecule has 6 rings (SSSR count). The molecule has 0 saturated heterocycles. The van der Waals surface area contributed by atoms with Crippen LogP contribution in [0.3, 0.4) is 0 Å². The minimum absolute atomic E-state index is 0.00915. The molecule has 200 valence electrons. The van der Waals surface area contributed by atoms with Crippen LogP contribution in [-0.2, 0) is 10.3 Å². The molecule has 4 atom stereocenters. The predicted molar refractivity (Wildman–Crippen MR) is 154 cm³/mol. The number of nitrogen functional groups attached to an aromatic ring is 1. The van der Waals surface area contributed by atoms with Gasteiger partial charge < -0.3 is 33.0 Å². The summed E-state index contributed by atoms with van der Waals surface area (Å²) >= 11 is 1.26. The van der Waals surface area contributed by atoms with E-state index in [9.17, 15) is 9.59 Å². The summed E-state index contributed by atoms with van der Waals surface area (Å²) in [6.45, 7) is 1.89. The first-order valence-corrected chi connectivity index (χ1v) is 13.8. The Kier molecular flexibility index (Phi) is 6.19. The first-order chi connectivity index (χ1) is 18.7. The molecule has 1 fully saturated rings. The van der Waals surface area contributed by atoms with Gasteiger partial charge in [0, 0.05) is 28.7 Å². The van der Waals surface area contributed by atoms with E-state index in [-0.39, 0.29) is 23.8 Å². The molecule has 0 radical (unpaired) electrons. The Morgan fingerprint density at radius 1 is 1.03 bits per heavy atom. The number of rotatable bonds is 5. The number of carbonyl (C=O) groups excluding carboxylic acids is 2. The van der Waals surface area contributed by atoms with Gasteiger partial charge in [-0.15, -0.1) is 11.3 Å². The number of amides is 1. The number of aryl methyl sites for hydroxylation is 1. The van der Waals surface area contributed by atoms with E-state index in [1.54, 1.807) is 18.2 Å². The van der Waals surface area contributed by atoms with E-state index in [1.807, 2.05) is 49.4 Å². The molecule has 3 aromatic carbocycles. The SMILES string of the molecule is Cc1cc(Oc2ccccc2)ccc1C1(N)C(=O)C(N)c2c(C(=O)N[C@H]3CC[C@H](N)C3)sc3c(N)ccc1c23. The number of benzene rings is 3. The molecule has 0 bridgehead atoms. The van der Waals surface area contributed by atoms with Crippen molar-refractivity contribution in [2.45, 2.75) is 49.9 Å². The fraction of sp³-hybridized carbons (Fsp3) is 0.267. The Labute approximate surface area is 230 Å². The maximum atomic E-state index is 14.1. The molecule has 1 aromatic heterocycles. The van der Waals surface area contributed by atoms with E-state index in [4.69, 9.17) is 27.7 Å². The van der Waals surface area contributed by atoms with Crippen LogP contribution in [0.2, 0.25) is 0 Å². The standard InChI is InChI=1S/C30H31N5O3S/c1-15-13-19(38-18-5-3-2-4-6-18)9-10-20(15)30(34)21-11-12-22(32)26-23(21)24(25(33)28(30)36)27(39-26)29(37)35-17-8-7-16(31)14-17/h2-6,9-13,16-17,25H,7-8,14,31-34H2,1H3,(H,35,37)/t16-,17-,25?,30?/m0/s1. The van der Waals surface area contributed by atoms with Crippen LogP contribution in [0.5, 0.6) is 11.5 Å². The number of hydrogen-bond donors (Lipinski definition) is 5. The number of carbonyl (C=O) groups is 2. The minimum atomic E-state index is -1.53. The second-order valence-corrected chi connectivity index (χ2v) is 11.6. The van der Waals surface area contributed by atoms with Gasteiger partial charge in [-0.25, -0.2) is 0 Å². The molecule has 4 aromatic rings. The third kappa shape index (κ3) is 4.09. The van der Waals surface area contributed by atoms with Gasteiger partial charge in [0.25, 0.3) is 5.91 Å². The fourth-order valence-electron chi connectivity index (χ4n) is 5.99. The molecule has 1 amide bonds. The molecule has 1 heterocycles. The molecule has 0 spiro atoms. The van der Waals surface area contributed by atoms with E-state index in [1.165, 1.54) is 11.3 Å². The second-order valence-electron chi connectivity index (χ2n) is 10.5. The Morgan fingerprint density at radius 2 is 1.77 bits per heavy atom. The summed E-state index contributed by atoms with van der Waals surface area (Å²) in [5, 5.41) is 3.77. The lowest BCUT2D eigenvalue weighted by Crippen LogP contribution is -2.53. The topological polar surface area (TPSA) is 159 Å². The van der Waals surface area contributed by atoms with Gasteiger partial charge in [0.1, 0.15) is 17.0 Å².